The third-order valence-corrected chi connectivity index (χ3v) is 7.24. The van der Waals surface area contributed by atoms with Gasteiger partial charge in [-0.05, 0) is 57.8 Å². The Labute approximate surface area is 230 Å². The third kappa shape index (κ3) is 29.1. The molecule has 4 heteroatoms. The minimum atomic E-state index is -0.744. The van der Waals surface area contributed by atoms with Crippen molar-refractivity contribution < 1.29 is 19.4 Å². The molecule has 0 aliphatic heterocycles. The Morgan fingerprint density at radius 3 is 1.57 bits per heavy atom. The monoisotopic (exact) mass is 522 g/mol. The van der Waals surface area contributed by atoms with Crippen LogP contribution in [0.15, 0.2) is 12.2 Å². The summed E-state index contributed by atoms with van der Waals surface area (Å²) in [6.07, 6.45) is 33.5. The highest BCUT2D eigenvalue weighted by Gasteiger charge is 2.14. The van der Waals surface area contributed by atoms with E-state index in [1.165, 1.54) is 109 Å². The van der Waals surface area contributed by atoms with Crippen molar-refractivity contribution in [3.63, 3.8) is 0 Å². The molecular formula is C33H62O4. The van der Waals surface area contributed by atoms with Crippen LogP contribution in [0.4, 0.5) is 0 Å². The van der Waals surface area contributed by atoms with Gasteiger partial charge in [-0.25, -0.2) is 0 Å². The molecule has 0 radical (unpaired) electrons. The minimum Gasteiger partial charge on any atom is -0.481 e. The molecule has 218 valence electrons. The molecule has 0 spiro atoms. The number of unbranched alkanes of at least 4 members (excludes halogenated alkanes) is 18. The second kappa shape index (κ2) is 29.2. The first-order valence-corrected chi connectivity index (χ1v) is 16.2. The Morgan fingerprint density at radius 1 is 0.568 bits per heavy atom. The lowest BCUT2D eigenvalue weighted by atomic mass is 10.0. The lowest BCUT2D eigenvalue weighted by Gasteiger charge is -2.18. The average Bonchev–Trinajstić information content (AvgIpc) is 2.88. The van der Waals surface area contributed by atoms with Crippen molar-refractivity contribution in [2.24, 2.45) is 0 Å². The number of carbonyl (C=O) groups is 2. The van der Waals surface area contributed by atoms with E-state index in [1.807, 2.05) is 0 Å². The van der Waals surface area contributed by atoms with Crippen LogP contribution >= 0.6 is 0 Å². The highest BCUT2D eigenvalue weighted by atomic mass is 16.5. The SMILES string of the molecule is CCCC/C=C\CCCCCCCCC(=O)OC(CCCCCCCCCCCC)CCCCC(=O)O. The van der Waals surface area contributed by atoms with E-state index in [1.54, 1.807) is 0 Å². The van der Waals surface area contributed by atoms with E-state index < -0.39 is 5.97 Å². The Bertz CT molecular complexity index is 528. The van der Waals surface area contributed by atoms with Crippen LogP contribution in [0.5, 0.6) is 0 Å². The Balaban J connectivity index is 3.94. The Hall–Kier alpha value is -1.32. The first kappa shape index (κ1) is 35.7. The maximum Gasteiger partial charge on any atom is 0.306 e. The summed E-state index contributed by atoms with van der Waals surface area (Å²) in [5.74, 6) is -0.806. The summed E-state index contributed by atoms with van der Waals surface area (Å²) in [5.41, 5.74) is 0. The van der Waals surface area contributed by atoms with E-state index in [-0.39, 0.29) is 18.5 Å². The number of esters is 1. The van der Waals surface area contributed by atoms with Crippen molar-refractivity contribution in [1.29, 1.82) is 0 Å². The van der Waals surface area contributed by atoms with Gasteiger partial charge in [0.15, 0.2) is 0 Å². The molecule has 0 aromatic rings. The third-order valence-electron chi connectivity index (χ3n) is 7.24. The topological polar surface area (TPSA) is 63.6 Å². The summed E-state index contributed by atoms with van der Waals surface area (Å²) in [5, 5.41) is 8.88. The molecule has 0 aliphatic rings. The first-order valence-electron chi connectivity index (χ1n) is 16.2. The summed E-state index contributed by atoms with van der Waals surface area (Å²) in [6.45, 7) is 4.49. The number of hydrogen-bond donors (Lipinski definition) is 1. The van der Waals surface area contributed by atoms with Crippen molar-refractivity contribution in [3.8, 4) is 0 Å². The molecule has 1 atom stereocenters. The molecule has 0 bridgehead atoms. The number of allylic oxidation sites excluding steroid dienone is 2. The van der Waals surface area contributed by atoms with Crippen LogP contribution in [0.25, 0.3) is 0 Å². The lowest BCUT2D eigenvalue weighted by molar-refractivity contribution is -0.150. The highest BCUT2D eigenvalue weighted by molar-refractivity contribution is 5.69. The minimum absolute atomic E-state index is 0.0410. The average molecular weight is 523 g/mol. The summed E-state index contributed by atoms with van der Waals surface area (Å²) in [4.78, 5) is 23.2. The molecule has 0 aromatic heterocycles. The number of aliphatic carboxylic acids is 1. The van der Waals surface area contributed by atoms with Crippen molar-refractivity contribution >= 4 is 11.9 Å². The molecular weight excluding hydrogens is 460 g/mol. The Morgan fingerprint density at radius 2 is 1.00 bits per heavy atom. The maximum atomic E-state index is 12.4. The molecule has 0 amide bonds. The normalized spacial score (nSPS) is 12.3. The van der Waals surface area contributed by atoms with Gasteiger partial charge in [0.1, 0.15) is 6.10 Å². The van der Waals surface area contributed by atoms with E-state index in [0.717, 1.165) is 38.5 Å². The second-order valence-corrected chi connectivity index (χ2v) is 11.0. The lowest BCUT2D eigenvalue weighted by Crippen LogP contribution is -2.18. The van der Waals surface area contributed by atoms with Gasteiger partial charge in [-0.1, -0.05) is 122 Å². The molecule has 4 nitrogen and oxygen atoms in total. The zero-order valence-corrected chi connectivity index (χ0v) is 24.8. The molecule has 37 heavy (non-hydrogen) atoms. The molecule has 0 heterocycles. The van der Waals surface area contributed by atoms with Crippen LogP contribution in [-0.4, -0.2) is 23.1 Å². The second-order valence-electron chi connectivity index (χ2n) is 11.0. The summed E-state index contributed by atoms with van der Waals surface area (Å²) < 4.78 is 5.85. The van der Waals surface area contributed by atoms with E-state index in [9.17, 15) is 9.59 Å². The number of ether oxygens (including phenoxy) is 1. The van der Waals surface area contributed by atoms with Gasteiger partial charge in [-0.15, -0.1) is 0 Å². The zero-order chi connectivity index (χ0) is 27.2. The quantitative estimate of drug-likeness (QED) is 0.0602. The molecule has 1 N–H and O–H groups in total. The van der Waals surface area contributed by atoms with Gasteiger partial charge in [-0.3, -0.25) is 9.59 Å². The summed E-state index contributed by atoms with van der Waals surface area (Å²) in [6, 6.07) is 0. The molecule has 0 fully saturated rings. The highest BCUT2D eigenvalue weighted by Crippen LogP contribution is 2.18. The van der Waals surface area contributed by atoms with Gasteiger partial charge in [0.25, 0.3) is 0 Å². The number of hydrogen-bond acceptors (Lipinski definition) is 3. The molecule has 1 unspecified atom stereocenters. The standard InChI is InChI=1S/C33H62O4/c1-3-5-7-9-11-13-15-16-18-20-22-24-30-33(36)37-31(28-25-26-29-32(34)35)27-23-21-19-17-14-12-10-8-6-4-2/h9,11,31H,3-8,10,12-30H2,1-2H3,(H,34,35)/b11-9-. The van der Waals surface area contributed by atoms with Crippen molar-refractivity contribution in [1.82, 2.24) is 0 Å². The fourth-order valence-electron chi connectivity index (χ4n) is 4.81. The van der Waals surface area contributed by atoms with Crippen molar-refractivity contribution in [2.75, 3.05) is 0 Å². The maximum absolute atomic E-state index is 12.4. The number of carboxylic acids is 1. The van der Waals surface area contributed by atoms with Gasteiger partial charge in [0.05, 0.1) is 0 Å². The van der Waals surface area contributed by atoms with Gasteiger partial charge in [0, 0.05) is 12.8 Å². The molecule has 0 aliphatic carbocycles. The van der Waals surface area contributed by atoms with Crippen molar-refractivity contribution in [3.05, 3.63) is 12.2 Å². The van der Waals surface area contributed by atoms with Gasteiger partial charge in [-0.2, -0.15) is 0 Å². The number of carboxylic acid groups (broad SMARTS) is 1. The number of carbonyl (C=O) groups excluding carboxylic acids is 1. The number of rotatable bonds is 29. The van der Waals surface area contributed by atoms with Crippen LogP contribution in [0.2, 0.25) is 0 Å². The fourth-order valence-corrected chi connectivity index (χ4v) is 4.81. The van der Waals surface area contributed by atoms with E-state index in [4.69, 9.17) is 9.84 Å². The molecule has 0 aromatic carbocycles. The van der Waals surface area contributed by atoms with Gasteiger partial charge >= 0.3 is 11.9 Å². The first-order chi connectivity index (χ1) is 18.1. The smallest absolute Gasteiger partial charge is 0.306 e. The van der Waals surface area contributed by atoms with Crippen LogP contribution in [0.1, 0.15) is 181 Å². The van der Waals surface area contributed by atoms with Crippen molar-refractivity contribution in [2.45, 2.75) is 187 Å². The molecule has 0 saturated carbocycles. The van der Waals surface area contributed by atoms with Crippen LogP contribution in [0.3, 0.4) is 0 Å². The van der Waals surface area contributed by atoms with E-state index in [0.29, 0.717) is 12.8 Å². The molecule has 0 rings (SSSR count). The Kier molecular flexibility index (Phi) is 28.2. The predicted octanol–water partition coefficient (Wildman–Crippen LogP) is 10.7. The van der Waals surface area contributed by atoms with E-state index in [2.05, 4.69) is 26.0 Å². The van der Waals surface area contributed by atoms with Crippen LogP contribution in [-0.2, 0) is 14.3 Å². The molecule has 0 saturated heterocycles. The van der Waals surface area contributed by atoms with Crippen LogP contribution in [0, 0.1) is 0 Å². The fraction of sp³-hybridized carbons (Fsp3) is 0.879. The van der Waals surface area contributed by atoms with Gasteiger partial charge < -0.3 is 9.84 Å². The van der Waals surface area contributed by atoms with Gasteiger partial charge in [0.2, 0.25) is 0 Å². The van der Waals surface area contributed by atoms with E-state index >= 15 is 0 Å². The largest absolute Gasteiger partial charge is 0.481 e. The van der Waals surface area contributed by atoms with Crippen LogP contribution < -0.4 is 0 Å². The summed E-state index contributed by atoms with van der Waals surface area (Å²) >= 11 is 0. The zero-order valence-electron chi connectivity index (χ0n) is 24.8. The predicted molar refractivity (Wildman–Crippen MR) is 158 cm³/mol. The summed E-state index contributed by atoms with van der Waals surface area (Å²) in [7, 11) is 0.